The molecule has 4 aromatic heterocycles. The van der Waals surface area contributed by atoms with Gasteiger partial charge in [-0.05, 0) is 72.7 Å². The Balaban J connectivity index is 1.29. The van der Waals surface area contributed by atoms with Crippen LogP contribution >= 0.6 is 11.6 Å². The molecule has 0 radical (unpaired) electrons. The van der Waals surface area contributed by atoms with Crippen LogP contribution in [0.1, 0.15) is 43.8 Å². The van der Waals surface area contributed by atoms with Gasteiger partial charge < -0.3 is 20.6 Å². The smallest absolute Gasteiger partial charge is 0.225 e. The Labute approximate surface area is 278 Å². The van der Waals surface area contributed by atoms with Gasteiger partial charge in [-0.1, -0.05) is 11.6 Å². The number of hydrogen-bond acceptors (Lipinski definition) is 9. The largest absolute Gasteiger partial charge is 0.618 e. The van der Waals surface area contributed by atoms with E-state index in [2.05, 4.69) is 25.6 Å². The van der Waals surface area contributed by atoms with Crippen LogP contribution in [0.4, 0.5) is 14.6 Å². The summed E-state index contributed by atoms with van der Waals surface area (Å²) in [5, 5.41) is 29.5. The Morgan fingerprint density at radius 2 is 2.00 bits per heavy atom. The highest BCUT2D eigenvalue weighted by molar-refractivity contribution is 6.31. The molecule has 2 fully saturated rings. The minimum absolute atomic E-state index is 0.0190. The van der Waals surface area contributed by atoms with Crippen molar-refractivity contribution >= 4 is 23.3 Å². The molecule has 1 saturated carbocycles. The molecule has 5 aromatic rings. The molecule has 2 aliphatic rings. The number of carbonyl (C=O) groups excluding carboxylic acids is 1. The SMILES string of the molecule is COc1cc(C(CC2CC2C(=O)N2CCCCC2)n2cc(-c3ccc(N)nc3F)cn2)[n+]([O-])cc1-c1c(-n2cnnn2)ccc(Cl)c1F. The van der Waals surface area contributed by atoms with Crippen molar-refractivity contribution in [2.45, 2.75) is 38.1 Å². The molecule has 0 bridgehead atoms. The zero-order valence-corrected chi connectivity index (χ0v) is 26.6. The molecule has 248 valence electrons. The van der Waals surface area contributed by atoms with E-state index in [1.807, 2.05) is 4.90 Å². The van der Waals surface area contributed by atoms with Gasteiger partial charge in [0, 0.05) is 36.3 Å². The average Bonchev–Trinajstić information content (AvgIpc) is 3.41. The molecular formula is C32H31ClF2N10O3. The van der Waals surface area contributed by atoms with Crippen molar-refractivity contribution in [2.24, 2.45) is 11.8 Å². The Morgan fingerprint density at radius 3 is 2.73 bits per heavy atom. The zero-order chi connectivity index (χ0) is 33.5. The number of anilines is 1. The van der Waals surface area contributed by atoms with Crippen LogP contribution in [0.3, 0.4) is 0 Å². The van der Waals surface area contributed by atoms with Crippen LogP contribution in [0.25, 0.3) is 27.9 Å². The summed E-state index contributed by atoms with van der Waals surface area (Å²) in [6.45, 7) is 1.50. The van der Waals surface area contributed by atoms with E-state index in [0.29, 0.717) is 23.1 Å². The highest BCUT2D eigenvalue weighted by Gasteiger charge is 2.47. The van der Waals surface area contributed by atoms with Gasteiger partial charge in [-0.25, -0.2) is 9.37 Å². The van der Waals surface area contributed by atoms with Gasteiger partial charge in [-0.3, -0.25) is 9.48 Å². The van der Waals surface area contributed by atoms with Gasteiger partial charge in [0.1, 0.15) is 23.9 Å². The van der Waals surface area contributed by atoms with Gasteiger partial charge in [0.15, 0.2) is 12.0 Å². The van der Waals surface area contributed by atoms with E-state index in [1.54, 1.807) is 10.9 Å². The number of rotatable bonds is 9. The Hall–Kier alpha value is -5.18. The van der Waals surface area contributed by atoms with Gasteiger partial charge in [0.05, 0.1) is 41.2 Å². The molecule has 16 heteroatoms. The number of pyridine rings is 2. The maximum atomic E-state index is 15.7. The molecule has 7 rings (SSSR count). The van der Waals surface area contributed by atoms with Gasteiger partial charge in [0.25, 0.3) is 0 Å². The maximum Gasteiger partial charge on any atom is 0.225 e. The average molecular weight is 677 g/mol. The fraction of sp³-hybridized carbons (Fsp3) is 0.344. The molecular weight excluding hydrogens is 646 g/mol. The van der Waals surface area contributed by atoms with Crippen LogP contribution in [-0.4, -0.2) is 66.0 Å². The summed E-state index contributed by atoms with van der Waals surface area (Å²) < 4.78 is 39.7. The first-order chi connectivity index (χ1) is 23.2. The molecule has 1 saturated heterocycles. The number of amides is 1. The number of likely N-dealkylation sites (tertiary alicyclic amines) is 1. The number of ether oxygens (including phenoxy) is 1. The Bertz CT molecular complexity index is 1980. The van der Waals surface area contributed by atoms with E-state index in [9.17, 15) is 14.4 Å². The molecule has 1 aliphatic heterocycles. The minimum Gasteiger partial charge on any atom is -0.618 e. The van der Waals surface area contributed by atoms with Crippen molar-refractivity contribution in [1.82, 2.24) is 39.9 Å². The van der Waals surface area contributed by atoms with Crippen LogP contribution in [0.5, 0.6) is 5.75 Å². The fourth-order valence-corrected chi connectivity index (χ4v) is 6.67. The fourth-order valence-electron chi connectivity index (χ4n) is 6.51. The lowest BCUT2D eigenvalue weighted by molar-refractivity contribution is -0.615. The lowest BCUT2D eigenvalue weighted by Crippen LogP contribution is -2.37. The molecule has 1 aromatic carbocycles. The molecule has 3 atom stereocenters. The minimum atomic E-state index is -0.792. The number of piperidine rings is 1. The summed E-state index contributed by atoms with van der Waals surface area (Å²) >= 11 is 6.18. The lowest BCUT2D eigenvalue weighted by Gasteiger charge is -2.27. The summed E-state index contributed by atoms with van der Waals surface area (Å²) in [5.41, 5.74) is 6.79. The van der Waals surface area contributed by atoms with E-state index in [1.165, 1.54) is 60.8 Å². The molecule has 3 unspecified atom stereocenters. The van der Waals surface area contributed by atoms with E-state index >= 15 is 4.39 Å². The molecule has 48 heavy (non-hydrogen) atoms. The van der Waals surface area contributed by atoms with E-state index in [-0.39, 0.29) is 62.4 Å². The summed E-state index contributed by atoms with van der Waals surface area (Å²) in [5.74, 6) is -1.39. The van der Waals surface area contributed by atoms with Crippen molar-refractivity contribution in [2.75, 3.05) is 25.9 Å². The molecule has 1 amide bonds. The van der Waals surface area contributed by atoms with Crippen LogP contribution < -0.4 is 15.2 Å². The first kappa shape index (κ1) is 31.4. The Kier molecular flexibility index (Phi) is 8.37. The van der Waals surface area contributed by atoms with Crippen molar-refractivity contribution in [3.63, 3.8) is 0 Å². The Morgan fingerprint density at radius 1 is 1.19 bits per heavy atom. The number of aromatic nitrogens is 8. The molecule has 1 aliphatic carbocycles. The van der Waals surface area contributed by atoms with Crippen molar-refractivity contribution < 1.29 is 23.0 Å². The quantitative estimate of drug-likeness (QED) is 0.136. The first-order valence-electron chi connectivity index (χ1n) is 15.5. The number of nitrogens with two attached hydrogens (primary N) is 1. The molecule has 13 nitrogen and oxygen atoms in total. The summed E-state index contributed by atoms with van der Waals surface area (Å²) in [4.78, 5) is 19.0. The van der Waals surface area contributed by atoms with Gasteiger partial charge in [-0.15, -0.1) is 5.10 Å². The monoisotopic (exact) mass is 676 g/mol. The third-order valence-electron chi connectivity index (χ3n) is 9.08. The number of methoxy groups -OCH3 is 1. The predicted octanol–water partition coefficient (Wildman–Crippen LogP) is 4.37. The van der Waals surface area contributed by atoms with Gasteiger partial charge in [-0.2, -0.15) is 18.9 Å². The van der Waals surface area contributed by atoms with Crippen LogP contribution in [-0.2, 0) is 4.79 Å². The highest BCUT2D eigenvalue weighted by Crippen LogP contribution is 2.47. The molecule has 0 spiro atoms. The van der Waals surface area contributed by atoms with Crippen molar-refractivity contribution in [3.8, 4) is 33.7 Å². The standard InChI is InChI=1S/C32H31ClF2N10O3/c1-48-27-13-26(45(47)16-22(27)29-24(44-17-37-40-41-44)7-6-23(33)30(29)34)25(12-18-11-21(18)32(46)42-9-3-2-4-10-42)43-15-19(14-38-43)20-5-8-28(36)39-31(20)35/h5-8,13-18,21,25H,2-4,9-12H2,1H3,(H2,36,39). The van der Waals surface area contributed by atoms with E-state index in [4.69, 9.17) is 22.1 Å². The van der Waals surface area contributed by atoms with Crippen LogP contribution in [0, 0.1) is 28.8 Å². The second-order valence-electron chi connectivity index (χ2n) is 12.0. The van der Waals surface area contributed by atoms with Gasteiger partial charge >= 0.3 is 0 Å². The summed E-state index contributed by atoms with van der Waals surface area (Å²) in [7, 11) is 1.41. The molecule has 5 heterocycles. The van der Waals surface area contributed by atoms with Crippen molar-refractivity contribution in [3.05, 3.63) is 82.9 Å². The number of halogens is 3. The number of nitrogen functional groups attached to an aromatic ring is 1. The second kappa shape index (κ2) is 12.8. The van der Waals surface area contributed by atoms with Gasteiger partial charge in [0.2, 0.25) is 17.5 Å². The number of nitrogens with zero attached hydrogens (tertiary/aromatic N) is 9. The third-order valence-corrected chi connectivity index (χ3v) is 9.37. The van der Waals surface area contributed by atoms with Crippen LogP contribution in [0.2, 0.25) is 5.02 Å². The number of tetrazole rings is 1. The number of carbonyl (C=O) groups is 1. The third kappa shape index (κ3) is 5.89. The first-order valence-corrected chi connectivity index (χ1v) is 15.9. The van der Waals surface area contributed by atoms with E-state index < -0.39 is 17.8 Å². The highest BCUT2D eigenvalue weighted by atomic mass is 35.5. The topological polar surface area (TPSA) is 157 Å². The number of hydrogen-bond donors (Lipinski definition) is 1. The predicted molar refractivity (Wildman–Crippen MR) is 170 cm³/mol. The zero-order valence-electron chi connectivity index (χ0n) is 25.8. The lowest BCUT2D eigenvalue weighted by atomic mass is 9.99. The number of benzene rings is 1. The summed E-state index contributed by atoms with van der Waals surface area (Å²) in [6.07, 6.45) is 9.76. The normalized spacial score (nSPS) is 18.1. The second-order valence-corrected chi connectivity index (χ2v) is 12.4. The maximum absolute atomic E-state index is 15.7. The summed E-state index contributed by atoms with van der Waals surface area (Å²) in [6, 6.07) is 6.72. The van der Waals surface area contributed by atoms with E-state index in [0.717, 1.165) is 32.4 Å². The molecule has 2 N–H and O–H groups in total. The van der Waals surface area contributed by atoms with Crippen molar-refractivity contribution in [1.29, 1.82) is 0 Å². The van der Waals surface area contributed by atoms with Crippen LogP contribution in [0.15, 0.2) is 55.2 Å².